The summed E-state index contributed by atoms with van der Waals surface area (Å²) in [4.78, 5) is 2.66. The second kappa shape index (κ2) is 9.81. The van der Waals surface area contributed by atoms with E-state index in [0.717, 1.165) is 19.1 Å². The highest BCUT2D eigenvalue weighted by atomic mass is 16.5. The predicted octanol–water partition coefficient (Wildman–Crippen LogP) is 3.44. The third kappa shape index (κ3) is 5.88. The van der Waals surface area contributed by atoms with Gasteiger partial charge >= 0.3 is 0 Å². The number of piperidine rings is 1. The summed E-state index contributed by atoms with van der Waals surface area (Å²) in [6.45, 7) is 10.1. The lowest BCUT2D eigenvalue weighted by Crippen LogP contribution is -2.50. The van der Waals surface area contributed by atoms with Crippen LogP contribution >= 0.6 is 0 Å². The normalized spacial score (nSPS) is 26.9. The summed E-state index contributed by atoms with van der Waals surface area (Å²) < 4.78 is 5.86. The van der Waals surface area contributed by atoms with Crippen LogP contribution < -0.4 is 5.32 Å². The maximum absolute atomic E-state index is 5.86. The summed E-state index contributed by atoms with van der Waals surface area (Å²) in [6.07, 6.45) is 11.5. The van der Waals surface area contributed by atoms with Gasteiger partial charge in [-0.1, -0.05) is 26.2 Å². The van der Waals surface area contributed by atoms with E-state index in [2.05, 4.69) is 24.1 Å². The molecule has 0 aromatic heterocycles. The minimum atomic E-state index is 0.474. The van der Waals surface area contributed by atoms with Gasteiger partial charge in [-0.25, -0.2) is 0 Å². The van der Waals surface area contributed by atoms with Gasteiger partial charge in [0, 0.05) is 25.7 Å². The number of hydrogen-bond donors (Lipinski definition) is 1. The summed E-state index contributed by atoms with van der Waals surface area (Å²) >= 11 is 0. The third-order valence-corrected chi connectivity index (χ3v) is 5.19. The average Bonchev–Trinajstić information content (AvgIpc) is 2.53. The van der Waals surface area contributed by atoms with Gasteiger partial charge in [0.2, 0.25) is 0 Å². The van der Waals surface area contributed by atoms with Crippen molar-refractivity contribution < 1.29 is 4.74 Å². The fraction of sp³-hybridized carbons (Fsp3) is 1.00. The van der Waals surface area contributed by atoms with Crippen molar-refractivity contribution >= 4 is 0 Å². The molecule has 2 unspecified atom stereocenters. The molecule has 2 rings (SSSR count). The van der Waals surface area contributed by atoms with Gasteiger partial charge in [-0.05, 0) is 58.0 Å². The zero-order valence-electron chi connectivity index (χ0n) is 14.3. The number of rotatable bonds is 8. The molecule has 1 saturated heterocycles. The maximum atomic E-state index is 5.86. The Bertz CT molecular complexity index is 264. The van der Waals surface area contributed by atoms with Crippen LogP contribution in [0.2, 0.25) is 0 Å². The molecule has 0 spiro atoms. The van der Waals surface area contributed by atoms with Crippen LogP contribution in [0.15, 0.2) is 0 Å². The molecule has 0 bridgehead atoms. The standard InChI is InChI=1S/C18H36N2O/c1-3-12-19-18(16-9-6-5-7-10-16)15-20-13-8-11-17(14-20)21-4-2/h16-19H,3-15H2,1-2H3. The van der Waals surface area contributed by atoms with Crippen LogP contribution in [0.5, 0.6) is 0 Å². The molecule has 1 saturated carbocycles. The minimum absolute atomic E-state index is 0.474. The zero-order valence-corrected chi connectivity index (χ0v) is 14.3. The van der Waals surface area contributed by atoms with Gasteiger partial charge in [0.1, 0.15) is 0 Å². The quantitative estimate of drug-likeness (QED) is 0.742. The Morgan fingerprint density at radius 1 is 1.10 bits per heavy atom. The first-order chi connectivity index (χ1) is 10.3. The molecule has 1 N–H and O–H groups in total. The Morgan fingerprint density at radius 2 is 1.90 bits per heavy atom. The predicted molar refractivity (Wildman–Crippen MR) is 89.7 cm³/mol. The molecule has 1 aliphatic heterocycles. The van der Waals surface area contributed by atoms with E-state index in [0.29, 0.717) is 12.1 Å². The van der Waals surface area contributed by atoms with Crippen LogP contribution in [0.25, 0.3) is 0 Å². The average molecular weight is 296 g/mol. The highest BCUT2D eigenvalue weighted by molar-refractivity contribution is 4.84. The van der Waals surface area contributed by atoms with Gasteiger partial charge in [-0.15, -0.1) is 0 Å². The molecule has 3 nitrogen and oxygen atoms in total. The van der Waals surface area contributed by atoms with Crippen LogP contribution in [0.3, 0.4) is 0 Å². The lowest BCUT2D eigenvalue weighted by Gasteiger charge is -2.38. The van der Waals surface area contributed by atoms with Gasteiger partial charge in [0.25, 0.3) is 0 Å². The molecular formula is C18H36N2O. The van der Waals surface area contributed by atoms with E-state index in [9.17, 15) is 0 Å². The Hall–Kier alpha value is -0.120. The van der Waals surface area contributed by atoms with Crippen molar-refractivity contribution in [2.45, 2.75) is 77.4 Å². The number of nitrogens with one attached hydrogen (secondary N) is 1. The zero-order chi connectivity index (χ0) is 14.9. The number of hydrogen-bond acceptors (Lipinski definition) is 3. The SMILES string of the molecule is CCCNC(CN1CCCC(OCC)C1)C1CCCCC1. The molecule has 2 aliphatic rings. The van der Waals surface area contributed by atoms with E-state index in [-0.39, 0.29) is 0 Å². The maximum Gasteiger partial charge on any atom is 0.0702 e. The fourth-order valence-electron chi connectivity index (χ4n) is 4.08. The van der Waals surface area contributed by atoms with Gasteiger partial charge in [-0.2, -0.15) is 0 Å². The summed E-state index contributed by atoms with van der Waals surface area (Å²) in [5.41, 5.74) is 0. The number of likely N-dealkylation sites (tertiary alicyclic amines) is 1. The molecular weight excluding hydrogens is 260 g/mol. The van der Waals surface area contributed by atoms with Crippen molar-refractivity contribution in [1.29, 1.82) is 0 Å². The minimum Gasteiger partial charge on any atom is -0.377 e. The van der Waals surface area contributed by atoms with Crippen LogP contribution in [-0.4, -0.2) is 49.8 Å². The molecule has 0 radical (unpaired) electrons. The smallest absolute Gasteiger partial charge is 0.0702 e. The molecule has 1 heterocycles. The van der Waals surface area contributed by atoms with E-state index in [4.69, 9.17) is 4.74 Å². The van der Waals surface area contributed by atoms with Crippen molar-refractivity contribution in [1.82, 2.24) is 10.2 Å². The van der Waals surface area contributed by atoms with Crippen molar-refractivity contribution in [3.63, 3.8) is 0 Å². The van der Waals surface area contributed by atoms with E-state index in [1.807, 2.05) is 0 Å². The number of ether oxygens (including phenoxy) is 1. The second-order valence-electron chi connectivity index (χ2n) is 6.94. The molecule has 124 valence electrons. The lowest BCUT2D eigenvalue weighted by atomic mass is 9.83. The Balaban J connectivity index is 1.84. The van der Waals surface area contributed by atoms with Gasteiger partial charge < -0.3 is 10.1 Å². The highest BCUT2D eigenvalue weighted by Crippen LogP contribution is 2.27. The first kappa shape index (κ1) is 17.2. The van der Waals surface area contributed by atoms with E-state index in [1.54, 1.807) is 0 Å². The summed E-state index contributed by atoms with van der Waals surface area (Å²) in [5.74, 6) is 0.901. The molecule has 0 aromatic carbocycles. The van der Waals surface area contributed by atoms with Crippen LogP contribution in [0, 0.1) is 5.92 Å². The molecule has 1 aliphatic carbocycles. The monoisotopic (exact) mass is 296 g/mol. The summed E-state index contributed by atoms with van der Waals surface area (Å²) in [5, 5.41) is 3.85. The highest BCUT2D eigenvalue weighted by Gasteiger charge is 2.27. The molecule has 21 heavy (non-hydrogen) atoms. The Kier molecular flexibility index (Phi) is 8.05. The molecule has 2 atom stereocenters. The van der Waals surface area contributed by atoms with Crippen molar-refractivity contribution in [2.75, 3.05) is 32.8 Å². The molecule has 0 aromatic rings. The van der Waals surface area contributed by atoms with Gasteiger partial charge in [-0.3, -0.25) is 4.90 Å². The molecule has 3 heteroatoms. The van der Waals surface area contributed by atoms with Crippen LogP contribution in [0.4, 0.5) is 0 Å². The van der Waals surface area contributed by atoms with Crippen LogP contribution in [-0.2, 0) is 4.74 Å². The largest absolute Gasteiger partial charge is 0.377 e. The Morgan fingerprint density at radius 3 is 2.62 bits per heavy atom. The van der Waals surface area contributed by atoms with E-state index >= 15 is 0 Å². The van der Waals surface area contributed by atoms with Crippen molar-refractivity contribution in [3.05, 3.63) is 0 Å². The van der Waals surface area contributed by atoms with Gasteiger partial charge in [0.05, 0.1) is 6.10 Å². The molecule has 2 fully saturated rings. The Labute approximate surface area is 131 Å². The third-order valence-electron chi connectivity index (χ3n) is 5.19. The van der Waals surface area contributed by atoms with Crippen LogP contribution in [0.1, 0.15) is 65.2 Å². The first-order valence-electron chi connectivity index (χ1n) is 9.40. The number of nitrogens with zero attached hydrogens (tertiary/aromatic N) is 1. The topological polar surface area (TPSA) is 24.5 Å². The van der Waals surface area contributed by atoms with Crippen molar-refractivity contribution in [3.8, 4) is 0 Å². The van der Waals surface area contributed by atoms with E-state index in [1.165, 1.54) is 71.0 Å². The van der Waals surface area contributed by atoms with Gasteiger partial charge in [0.15, 0.2) is 0 Å². The lowest BCUT2D eigenvalue weighted by molar-refractivity contribution is 0.000937. The van der Waals surface area contributed by atoms with E-state index < -0.39 is 0 Å². The summed E-state index contributed by atoms with van der Waals surface area (Å²) in [7, 11) is 0. The first-order valence-corrected chi connectivity index (χ1v) is 9.40. The van der Waals surface area contributed by atoms with Crippen molar-refractivity contribution in [2.24, 2.45) is 5.92 Å². The molecule has 0 amide bonds. The second-order valence-corrected chi connectivity index (χ2v) is 6.94. The summed E-state index contributed by atoms with van der Waals surface area (Å²) in [6, 6.07) is 0.700. The fourth-order valence-corrected chi connectivity index (χ4v) is 4.08.